The van der Waals surface area contributed by atoms with Gasteiger partial charge in [0.15, 0.2) is 11.5 Å². The summed E-state index contributed by atoms with van der Waals surface area (Å²) in [7, 11) is 0. The van der Waals surface area contributed by atoms with E-state index in [9.17, 15) is 9.90 Å². The van der Waals surface area contributed by atoms with Crippen LogP contribution in [0, 0.1) is 11.8 Å². The van der Waals surface area contributed by atoms with E-state index in [0.717, 1.165) is 17.7 Å². The van der Waals surface area contributed by atoms with Crippen molar-refractivity contribution in [3.8, 4) is 11.5 Å². The maximum absolute atomic E-state index is 12.2. The fourth-order valence-electron chi connectivity index (χ4n) is 3.67. The van der Waals surface area contributed by atoms with Crippen molar-refractivity contribution in [3.63, 3.8) is 0 Å². The van der Waals surface area contributed by atoms with Gasteiger partial charge in [0.05, 0.1) is 6.42 Å². The number of fused-ring (bicyclic) bond motifs is 1. The molecule has 1 heterocycles. The predicted molar refractivity (Wildman–Crippen MR) is 91.0 cm³/mol. The zero-order valence-corrected chi connectivity index (χ0v) is 14.1. The smallest absolute Gasteiger partial charge is 0.231 e. The van der Waals surface area contributed by atoms with Crippen LogP contribution in [0.3, 0.4) is 0 Å². The average Bonchev–Trinajstić information content (AvgIpc) is 3.07. The van der Waals surface area contributed by atoms with Gasteiger partial charge in [0.2, 0.25) is 12.7 Å². The molecule has 0 aromatic heterocycles. The van der Waals surface area contributed by atoms with Crippen molar-refractivity contribution < 1.29 is 19.4 Å². The second-order valence-electron chi connectivity index (χ2n) is 6.96. The van der Waals surface area contributed by atoms with Crippen LogP contribution in [-0.4, -0.2) is 31.0 Å². The van der Waals surface area contributed by atoms with E-state index in [1.807, 2.05) is 18.2 Å². The number of ether oxygens (including phenoxy) is 2. The third kappa shape index (κ3) is 4.63. The van der Waals surface area contributed by atoms with E-state index in [0.29, 0.717) is 24.6 Å². The zero-order valence-electron chi connectivity index (χ0n) is 14.1. The molecule has 1 aromatic carbocycles. The summed E-state index contributed by atoms with van der Waals surface area (Å²) in [6.45, 7) is 0.932. The van der Waals surface area contributed by atoms with E-state index in [1.165, 1.54) is 32.1 Å². The molecule has 1 saturated carbocycles. The lowest BCUT2D eigenvalue weighted by Crippen LogP contribution is -2.33. The number of rotatable bonds is 7. The highest BCUT2D eigenvalue weighted by atomic mass is 16.7. The molecule has 0 spiro atoms. The minimum Gasteiger partial charge on any atom is -0.454 e. The predicted octanol–water partition coefficient (Wildman–Crippen LogP) is 2.65. The first-order valence-corrected chi connectivity index (χ1v) is 9.00. The molecule has 0 bridgehead atoms. The van der Waals surface area contributed by atoms with Gasteiger partial charge in [-0.2, -0.15) is 0 Å². The molecule has 1 aromatic rings. The Labute approximate surface area is 143 Å². The average molecular weight is 333 g/mol. The van der Waals surface area contributed by atoms with Gasteiger partial charge in [-0.15, -0.1) is 0 Å². The summed E-state index contributed by atoms with van der Waals surface area (Å²) >= 11 is 0. The van der Waals surface area contributed by atoms with Crippen LogP contribution in [-0.2, 0) is 11.2 Å². The van der Waals surface area contributed by atoms with E-state index in [2.05, 4.69) is 5.32 Å². The van der Waals surface area contributed by atoms with Crippen molar-refractivity contribution in [3.05, 3.63) is 23.8 Å². The van der Waals surface area contributed by atoms with Crippen molar-refractivity contribution in [2.45, 2.75) is 44.9 Å². The van der Waals surface area contributed by atoms with Crippen LogP contribution in [0.1, 0.15) is 44.1 Å². The number of hydrogen-bond donors (Lipinski definition) is 2. The third-order valence-electron chi connectivity index (χ3n) is 5.04. The number of hydrogen-bond acceptors (Lipinski definition) is 4. The maximum atomic E-state index is 12.2. The molecular formula is C19H27NO4. The summed E-state index contributed by atoms with van der Waals surface area (Å²) < 4.78 is 10.6. The number of nitrogens with one attached hydrogen (secondary N) is 1. The van der Waals surface area contributed by atoms with Crippen LogP contribution in [0.4, 0.5) is 0 Å². The van der Waals surface area contributed by atoms with Crippen LogP contribution >= 0.6 is 0 Å². The van der Waals surface area contributed by atoms with Crippen LogP contribution in [0.25, 0.3) is 0 Å². The zero-order chi connectivity index (χ0) is 16.8. The lowest BCUT2D eigenvalue weighted by Gasteiger charge is -2.25. The van der Waals surface area contributed by atoms with Crippen LogP contribution in [0.15, 0.2) is 18.2 Å². The first-order chi connectivity index (χ1) is 11.7. The molecule has 5 heteroatoms. The molecule has 1 atom stereocenters. The molecule has 1 fully saturated rings. The molecule has 1 unspecified atom stereocenters. The second kappa shape index (κ2) is 8.38. The number of benzene rings is 1. The number of carbonyl (C=O) groups is 1. The van der Waals surface area contributed by atoms with Crippen molar-refractivity contribution in [2.24, 2.45) is 11.8 Å². The second-order valence-corrected chi connectivity index (χ2v) is 6.96. The van der Waals surface area contributed by atoms with E-state index < -0.39 is 0 Å². The number of amides is 1. The normalized spacial score (nSPS) is 18.4. The molecule has 132 valence electrons. The molecule has 2 N–H and O–H groups in total. The lowest BCUT2D eigenvalue weighted by atomic mass is 9.83. The Bertz CT molecular complexity index is 554. The quantitative estimate of drug-likeness (QED) is 0.805. The minimum absolute atomic E-state index is 0.0176. The SMILES string of the molecule is O=C(Cc1ccc2c(c1)OCO2)NCC(CO)CC1CCCCC1. The fraction of sp³-hybridized carbons (Fsp3) is 0.632. The van der Waals surface area contributed by atoms with Gasteiger partial charge in [0, 0.05) is 13.2 Å². The van der Waals surface area contributed by atoms with Crippen LogP contribution in [0.2, 0.25) is 0 Å². The minimum atomic E-state index is -0.0176. The topological polar surface area (TPSA) is 67.8 Å². The standard InChI is InChI=1S/C19H27NO4/c21-12-16(8-14-4-2-1-3-5-14)11-20-19(22)10-15-6-7-17-18(9-15)24-13-23-17/h6-7,9,14,16,21H,1-5,8,10-13H2,(H,20,22). The monoisotopic (exact) mass is 333 g/mol. The summed E-state index contributed by atoms with van der Waals surface area (Å²) in [6.07, 6.45) is 7.81. The van der Waals surface area contributed by atoms with Gasteiger partial charge in [-0.05, 0) is 36.0 Å². The number of carbonyl (C=O) groups excluding carboxylic acids is 1. The maximum Gasteiger partial charge on any atom is 0.231 e. The van der Waals surface area contributed by atoms with Crippen molar-refractivity contribution >= 4 is 5.91 Å². The van der Waals surface area contributed by atoms with Crippen molar-refractivity contribution in [2.75, 3.05) is 19.9 Å². The molecular weight excluding hydrogens is 306 g/mol. The Morgan fingerprint density at radius 1 is 1.21 bits per heavy atom. The van der Waals surface area contributed by atoms with Gasteiger partial charge in [-0.25, -0.2) is 0 Å². The van der Waals surface area contributed by atoms with E-state index in [-0.39, 0.29) is 25.2 Å². The Hall–Kier alpha value is -1.75. The molecule has 5 nitrogen and oxygen atoms in total. The first-order valence-electron chi connectivity index (χ1n) is 9.00. The Morgan fingerprint density at radius 2 is 2.00 bits per heavy atom. The van der Waals surface area contributed by atoms with Gasteiger partial charge in [0.25, 0.3) is 0 Å². The molecule has 0 radical (unpaired) electrons. The van der Waals surface area contributed by atoms with Crippen molar-refractivity contribution in [1.82, 2.24) is 5.32 Å². The number of aliphatic hydroxyl groups excluding tert-OH is 1. The van der Waals surface area contributed by atoms with Gasteiger partial charge >= 0.3 is 0 Å². The summed E-state index contributed by atoms with van der Waals surface area (Å²) in [5.41, 5.74) is 0.907. The Kier molecular flexibility index (Phi) is 5.96. The third-order valence-corrected chi connectivity index (χ3v) is 5.04. The van der Waals surface area contributed by atoms with Gasteiger partial charge in [0.1, 0.15) is 0 Å². The van der Waals surface area contributed by atoms with Gasteiger partial charge < -0.3 is 19.9 Å². The van der Waals surface area contributed by atoms with Crippen LogP contribution < -0.4 is 14.8 Å². The highest BCUT2D eigenvalue weighted by Crippen LogP contribution is 2.32. The van der Waals surface area contributed by atoms with Gasteiger partial charge in [-0.3, -0.25) is 4.79 Å². The molecule has 1 aliphatic carbocycles. The van der Waals surface area contributed by atoms with Crippen LogP contribution in [0.5, 0.6) is 11.5 Å². The summed E-state index contributed by atoms with van der Waals surface area (Å²) in [5, 5.41) is 12.6. The highest BCUT2D eigenvalue weighted by Gasteiger charge is 2.19. The summed E-state index contributed by atoms with van der Waals surface area (Å²) in [5.74, 6) is 2.28. The van der Waals surface area contributed by atoms with E-state index >= 15 is 0 Å². The fourth-order valence-corrected chi connectivity index (χ4v) is 3.67. The molecule has 2 aliphatic rings. The molecule has 3 rings (SSSR count). The molecule has 1 amide bonds. The lowest BCUT2D eigenvalue weighted by molar-refractivity contribution is -0.120. The summed E-state index contributed by atoms with van der Waals surface area (Å²) in [6, 6.07) is 5.58. The number of aliphatic hydroxyl groups is 1. The molecule has 24 heavy (non-hydrogen) atoms. The molecule has 0 saturated heterocycles. The van der Waals surface area contributed by atoms with E-state index in [4.69, 9.17) is 9.47 Å². The highest BCUT2D eigenvalue weighted by molar-refractivity contribution is 5.78. The molecule has 1 aliphatic heterocycles. The largest absolute Gasteiger partial charge is 0.454 e. The Morgan fingerprint density at radius 3 is 2.79 bits per heavy atom. The first kappa shape index (κ1) is 17.1. The summed E-state index contributed by atoms with van der Waals surface area (Å²) in [4.78, 5) is 12.2. The Balaban J connectivity index is 1.43. The van der Waals surface area contributed by atoms with Gasteiger partial charge in [-0.1, -0.05) is 38.2 Å². The van der Waals surface area contributed by atoms with E-state index in [1.54, 1.807) is 0 Å². The van der Waals surface area contributed by atoms with Crippen molar-refractivity contribution in [1.29, 1.82) is 0 Å².